The van der Waals surface area contributed by atoms with Crippen LogP contribution in [0.5, 0.6) is 5.75 Å². The maximum Gasteiger partial charge on any atom is 0.313 e. The summed E-state index contributed by atoms with van der Waals surface area (Å²) in [6, 6.07) is 3.78. The SMILES string of the molecule is COc1cc([N+](=O)[O-])ccc1NC(=O)C(=O)NC1CCCC1. The first kappa shape index (κ1) is 15.7. The summed E-state index contributed by atoms with van der Waals surface area (Å²) >= 11 is 0. The van der Waals surface area contributed by atoms with E-state index in [0.717, 1.165) is 25.7 Å². The van der Waals surface area contributed by atoms with E-state index >= 15 is 0 Å². The van der Waals surface area contributed by atoms with Crippen molar-refractivity contribution in [1.82, 2.24) is 5.32 Å². The normalized spacial score (nSPS) is 14.4. The molecule has 1 saturated carbocycles. The molecular formula is C14H17N3O5. The smallest absolute Gasteiger partial charge is 0.313 e. The van der Waals surface area contributed by atoms with E-state index in [-0.39, 0.29) is 23.2 Å². The van der Waals surface area contributed by atoms with E-state index < -0.39 is 16.7 Å². The monoisotopic (exact) mass is 307 g/mol. The van der Waals surface area contributed by atoms with E-state index in [4.69, 9.17) is 4.74 Å². The van der Waals surface area contributed by atoms with Gasteiger partial charge in [0.2, 0.25) is 0 Å². The van der Waals surface area contributed by atoms with Gasteiger partial charge in [-0.05, 0) is 18.9 Å². The number of nitrogens with one attached hydrogen (secondary N) is 2. The Labute approximate surface area is 127 Å². The number of ether oxygens (including phenoxy) is 1. The van der Waals surface area contributed by atoms with E-state index in [9.17, 15) is 19.7 Å². The predicted molar refractivity (Wildman–Crippen MR) is 78.7 cm³/mol. The van der Waals surface area contributed by atoms with Gasteiger partial charge in [-0.25, -0.2) is 0 Å². The summed E-state index contributed by atoms with van der Waals surface area (Å²) in [6.45, 7) is 0. The number of anilines is 1. The third kappa shape index (κ3) is 3.72. The Bertz CT molecular complexity index is 596. The second kappa shape index (κ2) is 6.88. The van der Waals surface area contributed by atoms with E-state index in [1.807, 2.05) is 0 Å². The first-order valence-corrected chi connectivity index (χ1v) is 6.95. The standard InChI is InChI=1S/C14H17N3O5/c1-22-12-8-10(17(20)21)6-7-11(12)16-14(19)13(18)15-9-4-2-3-5-9/h6-9H,2-5H2,1H3,(H,15,18)(H,16,19). The number of nitro benzene ring substituents is 1. The minimum atomic E-state index is -0.820. The summed E-state index contributed by atoms with van der Waals surface area (Å²) < 4.78 is 5.00. The van der Waals surface area contributed by atoms with Crippen molar-refractivity contribution in [2.75, 3.05) is 12.4 Å². The molecule has 1 fully saturated rings. The lowest BCUT2D eigenvalue weighted by Crippen LogP contribution is -2.40. The second-order valence-electron chi connectivity index (χ2n) is 5.05. The van der Waals surface area contributed by atoms with Crippen LogP contribution in [-0.4, -0.2) is 29.9 Å². The molecule has 2 rings (SSSR count). The average Bonchev–Trinajstić information content (AvgIpc) is 3.00. The fourth-order valence-corrected chi connectivity index (χ4v) is 2.40. The summed E-state index contributed by atoms with van der Waals surface area (Å²) in [5.74, 6) is -1.41. The van der Waals surface area contributed by atoms with Crippen LogP contribution in [0.15, 0.2) is 18.2 Å². The van der Waals surface area contributed by atoms with Crippen molar-refractivity contribution in [2.45, 2.75) is 31.7 Å². The van der Waals surface area contributed by atoms with Gasteiger partial charge in [-0.3, -0.25) is 19.7 Å². The summed E-state index contributed by atoms with van der Waals surface area (Å²) in [7, 11) is 1.33. The van der Waals surface area contributed by atoms with E-state index in [0.29, 0.717) is 0 Å². The Hall–Kier alpha value is -2.64. The molecule has 0 unspecified atom stereocenters. The minimum Gasteiger partial charge on any atom is -0.494 e. The molecule has 0 bridgehead atoms. The van der Waals surface area contributed by atoms with E-state index in [2.05, 4.69) is 10.6 Å². The maximum absolute atomic E-state index is 11.9. The molecule has 0 radical (unpaired) electrons. The Morgan fingerprint density at radius 2 is 1.95 bits per heavy atom. The van der Waals surface area contributed by atoms with Gasteiger partial charge in [-0.2, -0.15) is 0 Å². The highest BCUT2D eigenvalue weighted by Crippen LogP contribution is 2.28. The number of nitro groups is 1. The minimum absolute atomic E-state index is 0.0389. The van der Waals surface area contributed by atoms with Gasteiger partial charge in [-0.15, -0.1) is 0 Å². The van der Waals surface area contributed by atoms with E-state index in [1.165, 1.54) is 25.3 Å². The lowest BCUT2D eigenvalue weighted by atomic mass is 10.2. The van der Waals surface area contributed by atoms with Crippen molar-refractivity contribution in [3.8, 4) is 5.75 Å². The van der Waals surface area contributed by atoms with Gasteiger partial charge < -0.3 is 15.4 Å². The molecule has 118 valence electrons. The zero-order valence-electron chi connectivity index (χ0n) is 12.1. The van der Waals surface area contributed by atoms with E-state index in [1.54, 1.807) is 0 Å². The molecule has 1 aliphatic rings. The maximum atomic E-state index is 11.9. The van der Waals surface area contributed by atoms with Gasteiger partial charge in [0.15, 0.2) is 0 Å². The van der Waals surface area contributed by atoms with Crippen LogP contribution >= 0.6 is 0 Å². The largest absolute Gasteiger partial charge is 0.494 e. The van der Waals surface area contributed by atoms with Crippen molar-refractivity contribution >= 4 is 23.2 Å². The second-order valence-corrected chi connectivity index (χ2v) is 5.05. The molecule has 2 amide bonds. The highest BCUT2D eigenvalue weighted by atomic mass is 16.6. The molecule has 1 aromatic carbocycles. The zero-order chi connectivity index (χ0) is 16.1. The molecule has 0 atom stereocenters. The molecule has 8 heteroatoms. The van der Waals surface area contributed by atoms with Gasteiger partial charge >= 0.3 is 11.8 Å². The number of carbonyl (C=O) groups excluding carboxylic acids is 2. The van der Waals surface area contributed by atoms with Crippen LogP contribution in [0.25, 0.3) is 0 Å². The molecular weight excluding hydrogens is 290 g/mol. The van der Waals surface area contributed by atoms with Crippen LogP contribution in [0.4, 0.5) is 11.4 Å². The third-order valence-electron chi connectivity index (χ3n) is 3.54. The van der Waals surface area contributed by atoms with Crippen LogP contribution < -0.4 is 15.4 Å². The lowest BCUT2D eigenvalue weighted by molar-refractivity contribution is -0.384. The number of carbonyl (C=O) groups is 2. The number of nitrogens with zero attached hydrogens (tertiary/aromatic N) is 1. The Kier molecular flexibility index (Phi) is 4.92. The van der Waals surface area contributed by atoms with Gasteiger partial charge in [0.1, 0.15) is 5.75 Å². The quantitative estimate of drug-likeness (QED) is 0.498. The number of hydrogen-bond donors (Lipinski definition) is 2. The molecule has 8 nitrogen and oxygen atoms in total. The highest BCUT2D eigenvalue weighted by Gasteiger charge is 2.22. The summed E-state index contributed by atoms with van der Waals surface area (Å²) in [5.41, 5.74) is 0.0462. The molecule has 22 heavy (non-hydrogen) atoms. The lowest BCUT2D eigenvalue weighted by Gasteiger charge is -2.13. The molecule has 0 spiro atoms. The van der Waals surface area contributed by atoms with Gasteiger partial charge in [-0.1, -0.05) is 12.8 Å². The van der Waals surface area contributed by atoms with Crippen LogP contribution in [0.1, 0.15) is 25.7 Å². The van der Waals surface area contributed by atoms with Gasteiger partial charge in [0, 0.05) is 12.1 Å². The molecule has 0 aromatic heterocycles. The molecule has 0 saturated heterocycles. The highest BCUT2D eigenvalue weighted by molar-refractivity contribution is 6.39. The van der Waals surface area contributed by atoms with Gasteiger partial charge in [0.25, 0.3) is 5.69 Å². The van der Waals surface area contributed by atoms with Crippen LogP contribution in [0, 0.1) is 10.1 Å². The van der Waals surface area contributed by atoms with Crippen LogP contribution in [0.3, 0.4) is 0 Å². The van der Waals surface area contributed by atoms with Crippen molar-refractivity contribution in [3.63, 3.8) is 0 Å². The molecule has 0 aliphatic heterocycles. The first-order chi connectivity index (χ1) is 10.5. The van der Waals surface area contributed by atoms with Crippen molar-refractivity contribution in [1.29, 1.82) is 0 Å². The number of rotatable bonds is 4. The topological polar surface area (TPSA) is 111 Å². The number of hydrogen-bond acceptors (Lipinski definition) is 5. The summed E-state index contributed by atoms with van der Waals surface area (Å²) in [5, 5.41) is 15.8. The van der Waals surface area contributed by atoms with Crippen molar-refractivity contribution < 1.29 is 19.2 Å². The summed E-state index contributed by atoms with van der Waals surface area (Å²) in [4.78, 5) is 33.8. The fraction of sp³-hybridized carbons (Fsp3) is 0.429. The third-order valence-corrected chi connectivity index (χ3v) is 3.54. The number of amides is 2. The van der Waals surface area contributed by atoms with Gasteiger partial charge in [0.05, 0.1) is 23.8 Å². The van der Waals surface area contributed by atoms with Crippen molar-refractivity contribution in [2.24, 2.45) is 0 Å². The Balaban J connectivity index is 2.03. The Morgan fingerprint density at radius 1 is 1.27 bits per heavy atom. The molecule has 0 heterocycles. The first-order valence-electron chi connectivity index (χ1n) is 6.95. The fourth-order valence-electron chi connectivity index (χ4n) is 2.40. The van der Waals surface area contributed by atoms with Crippen LogP contribution in [0.2, 0.25) is 0 Å². The molecule has 1 aromatic rings. The number of benzene rings is 1. The number of methoxy groups -OCH3 is 1. The van der Waals surface area contributed by atoms with Crippen molar-refractivity contribution in [3.05, 3.63) is 28.3 Å². The zero-order valence-corrected chi connectivity index (χ0v) is 12.1. The Morgan fingerprint density at radius 3 is 2.55 bits per heavy atom. The summed E-state index contributed by atoms with van der Waals surface area (Å²) in [6.07, 6.45) is 3.84. The molecule has 2 N–H and O–H groups in total. The average molecular weight is 307 g/mol. The number of non-ortho nitro benzene ring substituents is 1. The van der Waals surface area contributed by atoms with Crippen LogP contribution in [-0.2, 0) is 9.59 Å². The predicted octanol–water partition coefficient (Wildman–Crippen LogP) is 1.60. The molecule has 1 aliphatic carbocycles.